The molecular formula is C18H25N3O6S. The fourth-order valence-electron chi connectivity index (χ4n) is 2.75. The van der Waals surface area contributed by atoms with Gasteiger partial charge in [-0.3, -0.25) is 14.9 Å². The summed E-state index contributed by atoms with van der Waals surface area (Å²) in [5.41, 5.74) is 0.898. The Kier molecular flexibility index (Phi) is 7.53. The molecular weight excluding hydrogens is 386 g/mol. The van der Waals surface area contributed by atoms with E-state index in [4.69, 9.17) is 4.74 Å². The van der Waals surface area contributed by atoms with Crippen molar-refractivity contribution in [1.82, 2.24) is 15.4 Å². The number of esters is 1. The quantitative estimate of drug-likeness (QED) is 0.573. The van der Waals surface area contributed by atoms with E-state index in [-0.39, 0.29) is 10.9 Å². The average Bonchev–Trinajstić information content (AvgIpc) is 3.13. The van der Waals surface area contributed by atoms with Gasteiger partial charge in [-0.05, 0) is 38.8 Å². The number of hydrogen-bond acceptors (Lipinski definition) is 6. The summed E-state index contributed by atoms with van der Waals surface area (Å²) in [5.74, 6) is -1.72. The predicted molar refractivity (Wildman–Crippen MR) is 101 cm³/mol. The standard InChI is InChI=1S/C18H25N3O6S/c1-12-7-9-15(10-8-12)28(25,26)19-11-16(22)27-13(2)17(23)21-18(24)20-14-5-3-4-6-14/h7-10,13-14,19H,3-6,11H2,1-2H3,(H2,20,21,23,24). The van der Waals surface area contributed by atoms with Gasteiger partial charge in [0, 0.05) is 6.04 Å². The molecule has 0 bridgehead atoms. The minimum Gasteiger partial charge on any atom is -0.452 e. The van der Waals surface area contributed by atoms with Gasteiger partial charge >= 0.3 is 12.0 Å². The molecule has 0 saturated heterocycles. The third-order valence-corrected chi connectivity index (χ3v) is 5.76. The lowest BCUT2D eigenvalue weighted by molar-refractivity contribution is -0.153. The minimum absolute atomic E-state index is 0.0141. The maximum absolute atomic E-state index is 12.1. The van der Waals surface area contributed by atoms with Crippen molar-refractivity contribution in [2.75, 3.05) is 6.54 Å². The third kappa shape index (κ3) is 6.61. The van der Waals surface area contributed by atoms with Crippen molar-refractivity contribution in [3.63, 3.8) is 0 Å². The van der Waals surface area contributed by atoms with Crippen LogP contribution < -0.4 is 15.4 Å². The SMILES string of the molecule is Cc1ccc(S(=O)(=O)NCC(=O)OC(C)C(=O)NC(=O)NC2CCCC2)cc1. The molecule has 9 nitrogen and oxygen atoms in total. The van der Waals surface area contributed by atoms with E-state index in [1.54, 1.807) is 12.1 Å². The number of imide groups is 1. The first kappa shape index (κ1) is 21.8. The molecule has 0 aliphatic heterocycles. The highest BCUT2D eigenvalue weighted by molar-refractivity contribution is 7.89. The number of nitrogens with one attached hydrogen (secondary N) is 3. The van der Waals surface area contributed by atoms with Crippen LogP contribution in [0, 0.1) is 6.92 Å². The van der Waals surface area contributed by atoms with Gasteiger partial charge in [0.05, 0.1) is 4.90 Å². The number of aryl methyl sites for hydroxylation is 1. The molecule has 2 rings (SSSR count). The van der Waals surface area contributed by atoms with Crippen LogP contribution in [0.15, 0.2) is 29.2 Å². The molecule has 1 aromatic rings. The van der Waals surface area contributed by atoms with Crippen LogP contribution in [0.5, 0.6) is 0 Å². The van der Waals surface area contributed by atoms with Gasteiger partial charge in [-0.15, -0.1) is 0 Å². The van der Waals surface area contributed by atoms with E-state index < -0.39 is 40.6 Å². The molecule has 0 spiro atoms. The number of sulfonamides is 1. The van der Waals surface area contributed by atoms with Crippen LogP contribution in [0.25, 0.3) is 0 Å². The summed E-state index contributed by atoms with van der Waals surface area (Å²) >= 11 is 0. The summed E-state index contributed by atoms with van der Waals surface area (Å²) in [6.07, 6.45) is 2.56. The van der Waals surface area contributed by atoms with Crippen LogP contribution in [-0.2, 0) is 24.3 Å². The average molecular weight is 411 g/mol. The van der Waals surface area contributed by atoms with Gasteiger partial charge in [0.15, 0.2) is 6.10 Å². The molecule has 1 atom stereocenters. The molecule has 1 fully saturated rings. The Hall–Kier alpha value is -2.46. The maximum atomic E-state index is 12.1. The second kappa shape index (κ2) is 9.65. The van der Waals surface area contributed by atoms with Crippen LogP contribution >= 0.6 is 0 Å². The largest absolute Gasteiger partial charge is 0.452 e. The van der Waals surface area contributed by atoms with Crippen LogP contribution in [0.2, 0.25) is 0 Å². The summed E-state index contributed by atoms with van der Waals surface area (Å²) in [4.78, 5) is 35.5. The number of benzene rings is 1. The molecule has 28 heavy (non-hydrogen) atoms. The van der Waals surface area contributed by atoms with Crippen molar-refractivity contribution >= 4 is 27.9 Å². The fraction of sp³-hybridized carbons (Fsp3) is 0.500. The van der Waals surface area contributed by atoms with E-state index in [2.05, 4.69) is 15.4 Å². The molecule has 3 amide bonds. The molecule has 10 heteroatoms. The second-order valence-electron chi connectivity index (χ2n) is 6.71. The summed E-state index contributed by atoms with van der Waals surface area (Å²) in [7, 11) is -3.88. The van der Waals surface area contributed by atoms with Crippen LogP contribution in [0.1, 0.15) is 38.2 Å². The maximum Gasteiger partial charge on any atom is 0.321 e. The number of rotatable bonds is 7. The van der Waals surface area contributed by atoms with E-state index in [0.29, 0.717) is 0 Å². The van der Waals surface area contributed by atoms with Gasteiger partial charge in [0.1, 0.15) is 6.54 Å². The van der Waals surface area contributed by atoms with Crippen molar-refractivity contribution in [2.24, 2.45) is 0 Å². The zero-order valence-electron chi connectivity index (χ0n) is 15.9. The van der Waals surface area contributed by atoms with Gasteiger partial charge in [0.2, 0.25) is 10.0 Å². The molecule has 0 radical (unpaired) electrons. The molecule has 154 valence electrons. The first-order valence-electron chi connectivity index (χ1n) is 9.04. The van der Waals surface area contributed by atoms with E-state index in [1.807, 2.05) is 6.92 Å². The molecule has 0 aromatic heterocycles. The second-order valence-corrected chi connectivity index (χ2v) is 8.48. The van der Waals surface area contributed by atoms with Crippen LogP contribution in [0.4, 0.5) is 4.79 Å². The summed E-state index contributed by atoms with van der Waals surface area (Å²) in [6.45, 7) is 2.48. The highest BCUT2D eigenvalue weighted by atomic mass is 32.2. The smallest absolute Gasteiger partial charge is 0.321 e. The number of carbonyl (C=O) groups excluding carboxylic acids is 3. The lowest BCUT2D eigenvalue weighted by Crippen LogP contribution is -2.47. The minimum atomic E-state index is -3.88. The topological polar surface area (TPSA) is 131 Å². The van der Waals surface area contributed by atoms with Crippen molar-refractivity contribution in [2.45, 2.75) is 56.6 Å². The van der Waals surface area contributed by atoms with Crippen LogP contribution in [-0.4, -0.2) is 45.0 Å². The first-order chi connectivity index (χ1) is 13.2. The number of amides is 3. The summed E-state index contributed by atoms with van der Waals surface area (Å²) in [6, 6.07) is 5.51. The van der Waals surface area contributed by atoms with Crippen molar-refractivity contribution in [1.29, 1.82) is 0 Å². The molecule has 3 N–H and O–H groups in total. The monoisotopic (exact) mass is 411 g/mol. The Morgan fingerprint density at radius 2 is 1.75 bits per heavy atom. The number of hydrogen-bond donors (Lipinski definition) is 3. The van der Waals surface area contributed by atoms with E-state index in [0.717, 1.165) is 31.2 Å². The lowest BCUT2D eigenvalue weighted by Gasteiger charge is -2.15. The Balaban J connectivity index is 1.77. The number of ether oxygens (including phenoxy) is 1. The van der Waals surface area contributed by atoms with Crippen molar-refractivity contribution < 1.29 is 27.5 Å². The highest BCUT2D eigenvalue weighted by Crippen LogP contribution is 2.17. The van der Waals surface area contributed by atoms with Gasteiger partial charge < -0.3 is 10.1 Å². The lowest BCUT2D eigenvalue weighted by atomic mass is 10.2. The van der Waals surface area contributed by atoms with Crippen molar-refractivity contribution in [3.05, 3.63) is 29.8 Å². The molecule has 1 aliphatic rings. The fourth-order valence-corrected chi connectivity index (χ4v) is 3.72. The Labute approximate surface area is 164 Å². The predicted octanol–water partition coefficient (Wildman–Crippen LogP) is 0.973. The van der Waals surface area contributed by atoms with E-state index in [1.165, 1.54) is 19.1 Å². The molecule has 1 saturated carbocycles. The normalized spacial score (nSPS) is 15.6. The number of urea groups is 1. The molecule has 1 aromatic carbocycles. The van der Waals surface area contributed by atoms with Gasteiger partial charge in [-0.1, -0.05) is 30.5 Å². The Morgan fingerprint density at radius 1 is 1.14 bits per heavy atom. The van der Waals surface area contributed by atoms with Crippen LogP contribution in [0.3, 0.4) is 0 Å². The molecule has 1 unspecified atom stereocenters. The van der Waals surface area contributed by atoms with Gasteiger partial charge in [0.25, 0.3) is 5.91 Å². The van der Waals surface area contributed by atoms with E-state index in [9.17, 15) is 22.8 Å². The van der Waals surface area contributed by atoms with Gasteiger partial charge in [-0.25, -0.2) is 13.2 Å². The molecule has 1 aliphatic carbocycles. The van der Waals surface area contributed by atoms with Gasteiger partial charge in [-0.2, -0.15) is 4.72 Å². The zero-order chi connectivity index (χ0) is 20.7. The summed E-state index contributed by atoms with van der Waals surface area (Å²) < 4.78 is 31.2. The Morgan fingerprint density at radius 3 is 2.36 bits per heavy atom. The highest BCUT2D eigenvalue weighted by Gasteiger charge is 2.23. The molecule has 0 heterocycles. The van der Waals surface area contributed by atoms with Crippen molar-refractivity contribution in [3.8, 4) is 0 Å². The summed E-state index contributed by atoms with van der Waals surface area (Å²) in [5, 5.41) is 4.79. The first-order valence-corrected chi connectivity index (χ1v) is 10.5. The van der Waals surface area contributed by atoms with E-state index >= 15 is 0 Å². The Bertz CT molecular complexity index is 816. The number of carbonyl (C=O) groups is 3. The zero-order valence-corrected chi connectivity index (χ0v) is 16.7. The third-order valence-electron chi connectivity index (χ3n) is 4.34.